The zero-order valence-corrected chi connectivity index (χ0v) is 14.7. The van der Waals surface area contributed by atoms with Gasteiger partial charge in [0.05, 0.1) is 14.2 Å². The number of hydrogen-bond donors (Lipinski definition) is 2. The Balaban J connectivity index is 0.00000288. The zero-order valence-electron chi connectivity index (χ0n) is 13.9. The third-order valence-electron chi connectivity index (χ3n) is 3.57. The first-order valence-electron chi connectivity index (χ1n) is 7.48. The lowest BCUT2D eigenvalue weighted by Crippen LogP contribution is -2.12. The Bertz CT molecular complexity index is 622. The average molecular weight is 354 g/mol. The number of aliphatic hydroxyl groups excluding tert-OH is 1. The third-order valence-corrected chi connectivity index (χ3v) is 3.57. The summed E-state index contributed by atoms with van der Waals surface area (Å²) in [5, 5.41) is 9.08. The maximum atomic E-state index is 9.08. The summed E-state index contributed by atoms with van der Waals surface area (Å²) in [6.07, 6.45) is 0.466. The third kappa shape index (κ3) is 5.03. The van der Waals surface area contributed by atoms with Gasteiger partial charge in [-0.15, -0.1) is 12.4 Å². The molecular weight excluding hydrogens is 330 g/mol. The highest BCUT2D eigenvalue weighted by Gasteiger charge is 2.17. The van der Waals surface area contributed by atoms with E-state index >= 15 is 0 Å². The molecule has 5 nitrogen and oxygen atoms in total. The van der Waals surface area contributed by atoms with Gasteiger partial charge in [0.2, 0.25) is 5.75 Å². The summed E-state index contributed by atoms with van der Waals surface area (Å²) in [5.41, 5.74) is 7.97. The van der Waals surface area contributed by atoms with Crippen LogP contribution in [0.1, 0.15) is 23.6 Å². The first-order chi connectivity index (χ1) is 11.2. The normalized spacial score (nSPS) is 11.3. The fraction of sp³-hybridized carbons (Fsp3) is 0.333. The van der Waals surface area contributed by atoms with E-state index in [9.17, 15) is 0 Å². The van der Waals surface area contributed by atoms with Crippen molar-refractivity contribution in [2.24, 2.45) is 5.73 Å². The lowest BCUT2D eigenvalue weighted by atomic mass is 10.0. The average Bonchev–Trinajstić information content (AvgIpc) is 2.60. The van der Waals surface area contributed by atoms with Crippen molar-refractivity contribution < 1.29 is 19.3 Å². The van der Waals surface area contributed by atoms with Crippen LogP contribution in [0.25, 0.3) is 0 Å². The fourth-order valence-corrected chi connectivity index (χ4v) is 2.31. The van der Waals surface area contributed by atoms with E-state index in [1.54, 1.807) is 14.2 Å². The second-order valence-corrected chi connectivity index (χ2v) is 5.15. The second kappa shape index (κ2) is 10.0. The van der Waals surface area contributed by atoms with Crippen LogP contribution >= 0.6 is 12.4 Å². The highest BCUT2D eigenvalue weighted by atomic mass is 35.5. The molecule has 0 spiro atoms. The highest BCUT2D eigenvalue weighted by molar-refractivity contribution is 5.85. The Labute approximate surface area is 148 Å². The molecule has 24 heavy (non-hydrogen) atoms. The molecule has 0 radical (unpaired) electrons. The summed E-state index contributed by atoms with van der Waals surface area (Å²) in [6, 6.07) is 13.2. The van der Waals surface area contributed by atoms with Crippen molar-refractivity contribution in [3.05, 3.63) is 53.6 Å². The van der Waals surface area contributed by atoms with E-state index in [2.05, 4.69) is 0 Å². The monoisotopic (exact) mass is 353 g/mol. The van der Waals surface area contributed by atoms with Crippen LogP contribution in [0.15, 0.2) is 42.5 Å². The highest BCUT2D eigenvalue weighted by Crippen LogP contribution is 2.40. The van der Waals surface area contributed by atoms with Gasteiger partial charge in [-0.25, -0.2) is 0 Å². The molecule has 0 amide bonds. The largest absolute Gasteiger partial charge is 0.493 e. The molecule has 1 unspecified atom stereocenters. The van der Waals surface area contributed by atoms with Gasteiger partial charge in [0.25, 0.3) is 0 Å². The van der Waals surface area contributed by atoms with Gasteiger partial charge < -0.3 is 25.1 Å². The first-order valence-corrected chi connectivity index (χ1v) is 7.48. The second-order valence-electron chi connectivity index (χ2n) is 5.15. The number of benzene rings is 2. The van der Waals surface area contributed by atoms with Crippen LogP contribution in [0.5, 0.6) is 17.2 Å². The molecule has 0 aromatic heterocycles. The molecule has 0 heterocycles. The molecule has 0 saturated carbocycles. The molecule has 3 N–H and O–H groups in total. The predicted molar refractivity (Wildman–Crippen MR) is 96.2 cm³/mol. The molecule has 0 aliphatic heterocycles. The summed E-state index contributed by atoms with van der Waals surface area (Å²) < 4.78 is 16.7. The van der Waals surface area contributed by atoms with E-state index in [1.807, 2.05) is 42.5 Å². The van der Waals surface area contributed by atoms with E-state index in [4.69, 9.17) is 25.1 Å². The first kappa shape index (κ1) is 20.1. The number of halogens is 1. The van der Waals surface area contributed by atoms with Crippen molar-refractivity contribution >= 4 is 12.4 Å². The SMILES string of the molecule is COc1cc(C(N)CCO)cc(OCc2ccccc2)c1OC.Cl. The van der Waals surface area contributed by atoms with Crippen LogP contribution in [-0.4, -0.2) is 25.9 Å². The number of hydrogen-bond acceptors (Lipinski definition) is 5. The van der Waals surface area contributed by atoms with Gasteiger partial charge in [0.1, 0.15) is 6.61 Å². The summed E-state index contributed by atoms with van der Waals surface area (Å²) in [6.45, 7) is 0.439. The van der Waals surface area contributed by atoms with E-state index in [1.165, 1.54) is 0 Å². The minimum atomic E-state index is -0.293. The minimum Gasteiger partial charge on any atom is -0.493 e. The lowest BCUT2D eigenvalue weighted by Gasteiger charge is -2.18. The van der Waals surface area contributed by atoms with Gasteiger partial charge in [-0.3, -0.25) is 0 Å². The van der Waals surface area contributed by atoms with Crippen LogP contribution in [-0.2, 0) is 6.61 Å². The van der Waals surface area contributed by atoms with Crippen LogP contribution in [0.4, 0.5) is 0 Å². The molecule has 0 fully saturated rings. The number of rotatable bonds is 8. The van der Waals surface area contributed by atoms with Gasteiger partial charge in [-0.2, -0.15) is 0 Å². The molecule has 6 heteroatoms. The number of aliphatic hydroxyl groups is 1. The molecule has 0 aliphatic rings. The van der Waals surface area contributed by atoms with Gasteiger partial charge in [0.15, 0.2) is 11.5 Å². The van der Waals surface area contributed by atoms with Crippen LogP contribution in [0.2, 0.25) is 0 Å². The van der Waals surface area contributed by atoms with Gasteiger partial charge in [-0.05, 0) is 29.7 Å². The summed E-state index contributed by atoms with van der Waals surface area (Å²) in [7, 11) is 3.14. The van der Waals surface area contributed by atoms with Crippen molar-refractivity contribution in [1.29, 1.82) is 0 Å². The summed E-state index contributed by atoms with van der Waals surface area (Å²) >= 11 is 0. The predicted octanol–water partition coefficient (Wildman–Crippen LogP) is 3.09. The smallest absolute Gasteiger partial charge is 0.203 e. The van der Waals surface area contributed by atoms with Gasteiger partial charge in [-0.1, -0.05) is 30.3 Å². The molecular formula is C18H24ClNO4. The molecule has 0 saturated heterocycles. The van der Waals surface area contributed by atoms with E-state index < -0.39 is 0 Å². The van der Waals surface area contributed by atoms with Crippen molar-refractivity contribution in [2.45, 2.75) is 19.1 Å². The molecule has 0 aliphatic carbocycles. The van der Waals surface area contributed by atoms with Crippen LogP contribution < -0.4 is 19.9 Å². The van der Waals surface area contributed by atoms with Crippen LogP contribution in [0.3, 0.4) is 0 Å². The van der Waals surface area contributed by atoms with Crippen molar-refractivity contribution in [2.75, 3.05) is 20.8 Å². The topological polar surface area (TPSA) is 73.9 Å². The molecule has 0 bridgehead atoms. The Kier molecular flexibility index (Phi) is 8.40. The van der Waals surface area contributed by atoms with Crippen molar-refractivity contribution in [3.63, 3.8) is 0 Å². The zero-order chi connectivity index (χ0) is 16.7. The Morgan fingerprint density at radius 2 is 1.71 bits per heavy atom. The van der Waals surface area contributed by atoms with E-state index in [0.29, 0.717) is 30.3 Å². The number of methoxy groups -OCH3 is 2. The van der Waals surface area contributed by atoms with Gasteiger partial charge in [0, 0.05) is 12.6 Å². The number of nitrogens with two attached hydrogens (primary N) is 1. The standard InChI is InChI=1S/C18H23NO4.ClH/c1-21-16-10-14(15(19)8-9-20)11-17(18(16)22-2)23-12-13-6-4-3-5-7-13;/h3-7,10-11,15,20H,8-9,12,19H2,1-2H3;1H. The number of ether oxygens (including phenoxy) is 3. The Hall–Kier alpha value is -1.95. The quantitative estimate of drug-likeness (QED) is 0.762. The van der Waals surface area contributed by atoms with Crippen molar-refractivity contribution in [3.8, 4) is 17.2 Å². The minimum absolute atomic E-state index is 0. The maximum absolute atomic E-state index is 9.08. The van der Waals surface area contributed by atoms with E-state index in [-0.39, 0.29) is 25.1 Å². The van der Waals surface area contributed by atoms with Crippen molar-refractivity contribution in [1.82, 2.24) is 0 Å². The summed E-state index contributed by atoms with van der Waals surface area (Å²) in [4.78, 5) is 0. The summed E-state index contributed by atoms with van der Waals surface area (Å²) in [5.74, 6) is 1.66. The molecule has 1 atom stereocenters. The molecule has 2 aromatic rings. The molecule has 132 valence electrons. The molecule has 2 rings (SSSR count). The van der Waals surface area contributed by atoms with Crippen LogP contribution in [0, 0.1) is 0 Å². The fourth-order valence-electron chi connectivity index (χ4n) is 2.31. The van der Waals surface area contributed by atoms with E-state index in [0.717, 1.165) is 11.1 Å². The Morgan fingerprint density at radius 1 is 1.04 bits per heavy atom. The maximum Gasteiger partial charge on any atom is 0.203 e. The lowest BCUT2D eigenvalue weighted by molar-refractivity contribution is 0.270. The Morgan fingerprint density at radius 3 is 2.29 bits per heavy atom. The van der Waals surface area contributed by atoms with Gasteiger partial charge >= 0.3 is 0 Å². The molecule has 2 aromatic carbocycles.